The summed E-state index contributed by atoms with van der Waals surface area (Å²) in [6.45, 7) is 9.85. The number of benzene rings is 1. The van der Waals surface area contributed by atoms with Crippen LogP contribution in [0, 0.1) is 5.82 Å². The second-order valence-corrected chi connectivity index (χ2v) is 10.4. The number of rotatable bonds is 8. The highest BCUT2D eigenvalue weighted by Crippen LogP contribution is 2.28. The van der Waals surface area contributed by atoms with Crippen molar-refractivity contribution in [3.63, 3.8) is 0 Å². The molecule has 0 spiro atoms. The quantitative estimate of drug-likeness (QED) is 0.478. The minimum Gasteiger partial charge on any atom is -0.444 e. The predicted molar refractivity (Wildman–Crippen MR) is 138 cm³/mol. The standard InChI is InChI=1S/C27H35FN4O7/c1-6-22(33)21-11-17(38-26(37)31-13-16-9-8-10-19(28)18(16)15-31)14-32(21)24(35)20(12-29-23(34)7-2)30-25(36)39-27(3,4)5/h7-10,17,20-21H,2,6,11-15H2,1,3-5H3,(H,29,34)(H,30,36). The zero-order chi connectivity index (χ0) is 28.9. The topological polar surface area (TPSA) is 134 Å². The summed E-state index contributed by atoms with van der Waals surface area (Å²) in [6.07, 6.45) is -1.15. The number of ether oxygens (including phenoxy) is 2. The zero-order valence-corrected chi connectivity index (χ0v) is 22.6. The van der Waals surface area contributed by atoms with Crippen molar-refractivity contribution in [1.82, 2.24) is 20.4 Å². The number of likely N-dealkylation sites (tertiary alicyclic amines) is 1. The molecule has 1 aromatic rings. The number of nitrogens with one attached hydrogen (secondary N) is 2. The fraction of sp³-hybridized carbons (Fsp3) is 0.519. The molecule has 3 rings (SSSR count). The van der Waals surface area contributed by atoms with Crippen molar-refractivity contribution in [2.75, 3.05) is 13.1 Å². The third-order valence-electron chi connectivity index (χ3n) is 6.37. The van der Waals surface area contributed by atoms with E-state index in [0.717, 1.165) is 6.08 Å². The molecule has 1 fully saturated rings. The van der Waals surface area contributed by atoms with Gasteiger partial charge in [-0.15, -0.1) is 0 Å². The van der Waals surface area contributed by atoms with Crippen molar-refractivity contribution in [2.45, 2.75) is 77.4 Å². The molecular weight excluding hydrogens is 511 g/mol. The van der Waals surface area contributed by atoms with Crippen LogP contribution in [0.25, 0.3) is 0 Å². The van der Waals surface area contributed by atoms with E-state index in [1.807, 2.05) is 0 Å². The summed E-state index contributed by atoms with van der Waals surface area (Å²) in [5.74, 6) is -1.85. The van der Waals surface area contributed by atoms with Crippen LogP contribution in [0.2, 0.25) is 0 Å². The Kier molecular flexibility index (Phi) is 9.31. The van der Waals surface area contributed by atoms with Crippen molar-refractivity contribution in [3.8, 4) is 0 Å². The molecule has 2 heterocycles. The van der Waals surface area contributed by atoms with Gasteiger partial charge in [0.25, 0.3) is 0 Å². The molecule has 212 valence electrons. The summed E-state index contributed by atoms with van der Waals surface area (Å²) in [6, 6.07) is 2.48. The van der Waals surface area contributed by atoms with Crippen LogP contribution in [0.4, 0.5) is 14.0 Å². The Morgan fingerprint density at radius 1 is 1.21 bits per heavy atom. The highest BCUT2D eigenvalue weighted by molar-refractivity contribution is 5.94. The van der Waals surface area contributed by atoms with Gasteiger partial charge in [0.2, 0.25) is 11.8 Å². The van der Waals surface area contributed by atoms with Crippen LogP contribution in [0.1, 0.15) is 51.7 Å². The molecule has 3 atom stereocenters. The number of alkyl carbamates (subject to hydrolysis) is 1. The van der Waals surface area contributed by atoms with Crippen molar-refractivity contribution in [2.24, 2.45) is 0 Å². The van der Waals surface area contributed by atoms with E-state index >= 15 is 0 Å². The molecule has 2 aliphatic rings. The summed E-state index contributed by atoms with van der Waals surface area (Å²) in [5.41, 5.74) is 0.273. The number of carbonyl (C=O) groups is 5. The van der Waals surface area contributed by atoms with E-state index in [4.69, 9.17) is 9.47 Å². The van der Waals surface area contributed by atoms with Gasteiger partial charge in [0.15, 0.2) is 5.78 Å². The van der Waals surface area contributed by atoms with E-state index in [0.29, 0.717) is 11.1 Å². The second kappa shape index (κ2) is 12.3. The number of hydrogen-bond acceptors (Lipinski definition) is 7. The Morgan fingerprint density at radius 3 is 2.54 bits per heavy atom. The molecule has 2 aliphatic heterocycles. The lowest BCUT2D eigenvalue weighted by Crippen LogP contribution is -2.56. The van der Waals surface area contributed by atoms with Gasteiger partial charge in [-0.05, 0) is 38.5 Å². The third kappa shape index (κ3) is 7.55. The van der Waals surface area contributed by atoms with E-state index in [1.54, 1.807) is 39.8 Å². The molecule has 11 nitrogen and oxygen atoms in total. The first-order valence-electron chi connectivity index (χ1n) is 12.8. The summed E-state index contributed by atoms with van der Waals surface area (Å²) in [5, 5.41) is 4.93. The highest BCUT2D eigenvalue weighted by atomic mass is 19.1. The average Bonchev–Trinajstić information content (AvgIpc) is 3.50. The number of nitrogens with zero attached hydrogens (tertiary/aromatic N) is 2. The maximum Gasteiger partial charge on any atom is 0.410 e. The maximum absolute atomic E-state index is 14.1. The SMILES string of the molecule is C=CC(=O)NCC(NC(=O)OC(C)(C)C)C(=O)N1CC(OC(=O)N2Cc3cccc(F)c3C2)CC1C(=O)CC. The van der Waals surface area contributed by atoms with Gasteiger partial charge < -0.3 is 25.0 Å². The number of fused-ring (bicyclic) bond motifs is 1. The van der Waals surface area contributed by atoms with Crippen LogP contribution >= 0.6 is 0 Å². The molecule has 12 heteroatoms. The smallest absolute Gasteiger partial charge is 0.410 e. The average molecular weight is 547 g/mol. The van der Waals surface area contributed by atoms with E-state index in [9.17, 15) is 28.4 Å². The van der Waals surface area contributed by atoms with E-state index in [-0.39, 0.29) is 44.8 Å². The van der Waals surface area contributed by atoms with Crippen molar-refractivity contribution in [3.05, 3.63) is 47.8 Å². The Hall–Kier alpha value is -3.96. The van der Waals surface area contributed by atoms with Crippen LogP contribution in [0.15, 0.2) is 30.9 Å². The van der Waals surface area contributed by atoms with Gasteiger partial charge in [-0.25, -0.2) is 14.0 Å². The van der Waals surface area contributed by atoms with Gasteiger partial charge in [0.05, 0.1) is 19.1 Å². The molecule has 0 aliphatic carbocycles. The Morgan fingerprint density at radius 2 is 1.92 bits per heavy atom. The Labute approximate surface area is 226 Å². The van der Waals surface area contributed by atoms with Gasteiger partial charge in [0.1, 0.15) is 23.6 Å². The van der Waals surface area contributed by atoms with Crippen molar-refractivity contribution < 1.29 is 37.8 Å². The lowest BCUT2D eigenvalue weighted by Gasteiger charge is -2.29. The fourth-order valence-electron chi connectivity index (χ4n) is 4.52. The predicted octanol–water partition coefficient (Wildman–Crippen LogP) is 2.42. The van der Waals surface area contributed by atoms with Crippen molar-refractivity contribution >= 4 is 29.8 Å². The first-order chi connectivity index (χ1) is 18.3. The molecule has 1 saturated heterocycles. The maximum atomic E-state index is 14.1. The molecule has 1 aromatic carbocycles. The van der Waals surface area contributed by atoms with E-state index in [1.165, 1.54) is 15.9 Å². The van der Waals surface area contributed by atoms with Crippen LogP contribution in [-0.2, 0) is 36.9 Å². The Balaban J connectivity index is 1.73. The number of hydrogen-bond donors (Lipinski definition) is 2. The summed E-state index contributed by atoms with van der Waals surface area (Å²) in [7, 11) is 0. The fourth-order valence-corrected chi connectivity index (χ4v) is 4.52. The monoisotopic (exact) mass is 546 g/mol. The number of Topliss-reactive ketones (excluding diaryl/α,β-unsaturated/α-hetero) is 1. The lowest BCUT2D eigenvalue weighted by atomic mass is 10.1. The zero-order valence-electron chi connectivity index (χ0n) is 22.6. The summed E-state index contributed by atoms with van der Waals surface area (Å²) in [4.78, 5) is 66.0. The minimum atomic E-state index is -1.26. The van der Waals surface area contributed by atoms with E-state index < -0.39 is 53.6 Å². The van der Waals surface area contributed by atoms with Crippen LogP contribution in [-0.4, -0.2) is 76.5 Å². The van der Waals surface area contributed by atoms with Gasteiger partial charge in [-0.1, -0.05) is 25.6 Å². The first kappa shape index (κ1) is 29.6. The molecule has 39 heavy (non-hydrogen) atoms. The number of carbonyl (C=O) groups excluding carboxylic acids is 5. The molecule has 0 radical (unpaired) electrons. The Bertz CT molecular complexity index is 1150. The molecule has 0 aromatic heterocycles. The molecule has 0 bridgehead atoms. The molecular formula is C27H35FN4O7. The molecule has 0 saturated carbocycles. The summed E-state index contributed by atoms with van der Waals surface area (Å²) >= 11 is 0. The highest BCUT2D eigenvalue weighted by Gasteiger charge is 2.43. The lowest BCUT2D eigenvalue weighted by molar-refractivity contribution is -0.139. The number of halogens is 1. The van der Waals surface area contributed by atoms with Crippen LogP contribution in [0.3, 0.4) is 0 Å². The molecule has 2 N–H and O–H groups in total. The minimum absolute atomic E-state index is 0.0540. The number of amides is 4. The summed E-state index contributed by atoms with van der Waals surface area (Å²) < 4.78 is 25.0. The van der Waals surface area contributed by atoms with Crippen LogP contribution < -0.4 is 10.6 Å². The van der Waals surface area contributed by atoms with Gasteiger partial charge in [-0.2, -0.15) is 0 Å². The van der Waals surface area contributed by atoms with Crippen molar-refractivity contribution in [1.29, 1.82) is 0 Å². The normalized spacial score (nSPS) is 19.1. The third-order valence-corrected chi connectivity index (χ3v) is 6.37. The second-order valence-electron chi connectivity index (χ2n) is 10.4. The number of ketones is 1. The van der Waals surface area contributed by atoms with E-state index in [2.05, 4.69) is 17.2 Å². The van der Waals surface area contributed by atoms with Crippen LogP contribution in [0.5, 0.6) is 0 Å². The molecule has 4 amide bonds. The molecule has 3 unspecified atom stereocenters. The van der Waals surface area contributed by atoms with Gasteiger partial charge >= 0.3 is 12.2 Å². The van der Waals surface area contributed by atoms with Gasteiger partial charge in [-0.3, -0.25) is 19.3 Å². The van der Waals surface area contributed by atoms with Gasteiger partial charge in [0, 0.05) is 31.5 Å². The first-order valence-corrected chi connectivity index (χ1v) is 12.8. The largest absolute Gasteiger partial charge is 0.444 e.